The minimum Gasteiger partial charge on any atom is -0.299 e. The minimum absolute atomic E-state index is 0.0651. The zero-order valence-electron chi connectivity index (χ0n) is 8.95. The van der Waals surface area contributed by atoms with Crippen LogP contribution in [0, 0.1) is 0 Å². The van der Waals surface area contributed by atoms with Crippen molar-refractivity contribution >= 4 is 30.8 Å². The summed E-state index contributed by atoms with van der Waals surface area (Å²) < 4.78 is 0. The van der Waals surface area contributed by atoms with E-state index in [9.17, 15) is 4.79 Å². The van der Waals surface area contributed by atoms with Crippen molar-refractivity contribution in [2.75, 3.05) is 0 Å². The lowest BCUT2D eigenvalue weighted by Gasteiger charge is -2.08. The molecule has 0 saturated carbocycles. The highest BCUT2D eigenvalue weighted by molar-refractivity contribution is 7.22. The van der Waals surface area contributed by atoms with E-state index in [2.05, 4.69) is 8.86 Å². The molecule has 0 radical (unpaired) electrons. The van der Waals surface area contributed by atoms with Gasteiger partial charge in [0.25, 0.3) is 0 Å². The highest BCUT2D eigenvalue weighted by atomic mass is 31.0. The Hall–Kier alpha value is -1.50. The number of carbonyl (C=O) groups is 1. The van der Waals surface area contributed by atoms with Crippen LogP contribution in [0.2, 0.25) is 0 Å². The van der Waals surface area contributed by atoms with Crippen LogP contribution in [-0.2, 0) is 0 Å². The maximum atomic E-state index is 11.5. The van der Waals surface area contributed by atoms with Gasteiger partial charge in [0.1, 0.15) is 0 Å². The van der Waals surface area contributed by atoms with Crippen molar-refractivity contribution in [1.82, 2.24) is 0 Å². The topological polar surface area (TPSA) is 43.1 Å². The second kappa shape index (κ2) is 4.17. The van der Waals surface area contributed by atoms with Crippen LogP contribution < -0.4 is 5.73 Å². The molecule has 0 atom stereocenters. The number of ketones is 1. The summed E-state index contributed by atoms with van der Waals surface area (Å²) in [6, 6.07) is 11.4. The fourth-order valence-electron chi connectivity index (χ4n) is 1.84. The summed E-state index contributed by atoms with van der Waals surface area (Å²) >= 11 is 0. The molecule has 80 valence electrons. The smallest absolute Gasteiger partial charge is 0.160 e. The first-order valence-electron chi connectivity index (χ1n) is 4.98. The van der Waals surface area contributed by atoms with Gasteiger partial charge in [-0.3, -0.25) is 10.5 Å². The summed E-state index contributed by atoms with van der Waals surface area (Å²) in [5.74, 6) is 0.0651. The van der Waals surface area contributed by atoms with Crippen LogP contribution in [0.25, 0.3) is 10.8 Å². The van der Waals surface area contributed by atoms with Gasteiger partial charge < -0.3 is 0 Å². The number of carbonyl (C=O) groups excluding carboxylic acids is 1. The Morgan fingerprint density at radius 1 is 1.06 bits per heavy atom. The summed E-state index contributed by atoms with van der Waals surface area (Å²) in [6.07, 6.45) is 0. The van der Waals surface area contributed by atoms with Gasteiger partial charge in [-0.25, -0.2) is 0 Å². The molecule has 2 nitrogen and oxygen atoms in total. The lowest BCUT2D eigenvalue weighted by Crippen LogP contribution is -2.10. The van der Waals surface area contributed by atoms with E-state index >= 15 is 0 Å². The largest absolute Gasteiger partial charge is 0.299 e. The van der Waals surface area contributed by atoms with E-state index < -0.39 is 0 Å². The molecule has 2 N–H and O–H groups in total. The van der Waals surface area contributed by atoms with Gasteiger partial charge in [0.15, 0.2) is 5.78 Å². The van der Waals surface area contributed by atoms with Crippen LogP contribution in [0.15, 0.2) is 36.4 Å². The molecule has 3 heteroatoms. The third-order valence-corrected chi connectivity index (χ3v) is 2.86. The molecule has 0 saturated heterocycles. The van der Waals surface area contributed by atoms with Crippen LogP contribution in [0.5, 0.6) is 0 Å². The summed E-state index contributed by atoms with van der Waals surface area (Å²) in [4.78, 5) is 11.5. The van der Waals surface area contributed by atoms with E-state index in [0.717, 1.165) is 21.9 Å². The summed E-state index contributed by atoms with van der Waals surface area (Å²) in [5, 5.41) is 1.93. The molecule has 0 aromatic heterocycles. The molecule has 0 fully saturated rings. The molecule has 16 heavy (non-hydrogen) atoms. The number of fused-ring (bicyclic) bond motifs is 1. The average Bonchev–Trinajstić information content (AvgIpc) is 2.27. The summed E-state index contributed by atoms with van der Waals surface area (Å²) in [6.45, 7) is 1.57. The average molecular weight is 229 g/mol. The highest BCUT2D eigenvalue weighted by Crippen LogP contribution is 2.23. The monoisotopic (exact) mass is 229 g/mol. The van der Waals surface area contributed by atoms with E-state index in [-0.39, 0.29) is 5.78 Å². The fraction of sp³-hybridized carbons (Fsp3) is 0.0769. The molecular weight excluding hydrogens is 217 g/mol. The van der Waals surface area contributed by atoms with Gasteiger partial charge in [-0.2, -0.15) is 0 Å². The Morgan fingerprint density at radius 3 is 2.06 bits per heavy atom. The third-order valence-electron chi connectivity index (χ3n) is 2.59. The predicted octanol–water partition coefficient (Wildman–Crippen LogP) is 2.62. The maximum absolute atomic E-state index is 11.5. The molecule has 2 aromatic rings. The standard InChI is InChI=1S/C13H12NOP/c1-8(15)9-6-7-12(13(14)16)11-5-3-2-4-10(9)11/h2-7,16H,14H2,1H3. The maximum Gasteiger partial charge on any atom is 0.160 e. The van der Waals surface area contributed by atoms with Crippen molar-refractivity contribution in [2.24, 2.45) is 5.73 Å². The van der Waals surface area contributed by atoms with E-state index in [1.807, 2.05) is 36.4 Å². The van der Waals surface area contributed by atoms with Crippen LogP contribution in [0.3, 0.4) is 0 Å². The van der Waals surface area contributed by atoms with Crippen molar-refractivity contribution in [3.8, 4) is 0 Å². The Morgan fingerprint density at radius 2 is 1.56 bits per heavy atom. The van der Waals surface area contributed by atoms with Crippen LogP contribution in [-0.4, -0.2) is 11.2 Å². The number of Topliss-reactive ketones (excluding diaryl/α,β-unsaturated/α-hetero) is 1. The van der Waals surface area contributed by atoms with Gasteiger partial charge in [0.2, 0.25) is 0 Å². The van der Waals surface area contributed by atoms with Crippen molar-refractivity contribution < 1.29 is 4.79 Å². The molecule has 0 aliphatic heterocycles. The minimum atomic E-state index is 0.0651. The third kappa shape index (κ3) is 1.78. The summed E-state index contributed by atoms with van der Waals surface area (Å²) in [7, 11) is 3.33. The molecule has 2 rings (SSSR count). The number of hydrogen-bond donors (Lipinski definition) is 1. The SMILES string of the molecule is CC(=O)c1ccc(C(N)=P)c2ccccc12. The molecule has 0 amide bonds. The number of nitrogens with two attached hydrogens (primary N) is 1. The fourth-order valence-corrected chi connectivity index (χ4v) is 2.06. The molecular formula is C13H12NOP. The Kier molecular flexibility index (Phi) is 2.86. The molecule has 2 aromatic carbocycles. The van der Waals surface area contributed by atoms with Crippen molar-refractivity contribution in [3.05, 3.63) is 47.5 Å². The zero-order chi connectivity index (χ0) is 11.7. The Bertz CT molecular complexity index is 537. The molecule has 0 heterocycles. The van der Waals surface area contributed by atoms with Crippen molar-refractivity contribution in [2.45, 2.75) is 6.92 Å². The number of hydrogen-bond acceptors (Lipinski definition) is 1. The first kappa shape index (κ1) is 11.0. The van der Waals surface area contributed by atoms with Gasteiger partial charge in [0, 0.05) is 16.5 Å². The summed E-state index contributed by atoms with van der Waals surface area (Å²) in [5.41, 5.74) is 7.97. The van der Waals surface area contributed by atoms with Crippen molar-refractivity contribution in [1.29, 1.82) is 0 Å². The Labute approximate surface area is 96.3 Å². The molecule has 0 aliphatic carbocycles. The van der Waals surface area contributed by atoms with Crippen LogP contribution >= 0.6 is 8.86 Å². The second-order valence-corrected chi connectivity index (χ2v) is 4.21. The van der Waals surface area contributed by atoms with Gasteiger partial charge in [0.05, 0.1) is 0 Å². The van der Waals surface area contributed by atoms with Gasteiger partial charge >= 0.3 is 0 Å². The van der Waals surface area contributed by atoms with Crippen LogP contribution in [0.4, 0.5) is 0 Å². The predicted molar refractivity (Wildman–Crippen MR) is 70.6 cm³/mol. The molecule has 0 bridgehead atoms. The first-order valence-corrected chi connectivity index (χ1v) is 5.48. The lowest BCUT2D eigenvalue weighted by atomic mass is 9.98. The number of benzene rings is 2. The second-order valence-electron chi connectivity index (χ2n) is 3.68. The first-order chi connectivity index (χ1) is 7.61. The normalized spacial score (nSPS) is 10.4. The van der Waals surface area contributed by atoms with E-state index in [1.165, 1.54) is 0 Å². The van der Waals surface area contributed by atoms with Crippen molar-refractivity contribution in [3.63, 3.8) is 0 Å². The van der Waals surface area contributed by atoms with Gasteiger partial charge in [-0.1, -0.05) is 36.4 Å². The van der Waals surface area contributed by atoms with E-state index in [4.69, 9.17) is 5.73 Å². The van der Waals surface area contributed by atoms with Gasteiger partial charge in [-0.05, 0) is 17.7 Å². The van der Waals surface area contributed by atoms with Crippen LogP contribution in [0.1, 0.15) is 22.8 Å². The number of rotatable bonds is 2. The van der Waals surface area contributed by atoms with E-state index in [0.29, 0.717) is 5.42 Å². The molecule has 0 spiro atoms. The quantitative estimate of drug-likeness (QED) is 0.635. The van der Waals surface area contributed by atoms with E-state index in [1.54, 1.807) is 6.92 Å². The van der Waals surface area contributed by atoms with Gasteiger partial charge in [-0.15, -0.1) is 8.86 Å². The highest BCUT2D eigenvalue weighted by Gasteiger charge is 2.09. The Balaban J connectivity index is 2.87. The zero-order valence-corrected chi connectivity index (χ0v) is 9.95. The molecule has 0 aliphatic rings. The lowest BCUT2D eigenvalue weighted by molar-refractivity contribution is 0.101. The molecule has 0 unspecified atom stereocenters.